The maximum atomic E-state index is 3.65. The average Bonchev–Trinajstić information content (AvgIpc) is 3.24. The average molecular weight is 420 g/mol. The summed E-state index contributed by atoms with van der Waals surface area (Å²) in [4.78, 5) is 3.65. The van der Waals surface area contributed by atoms with E-state index in [4.69, 9.17) is 0 Å². The molecule has 0 radical (unpaired) electrons. The van der Waals surface area contributed by atoms with Gasteiger partial charge in [0.2, 0.25) is 0 Å². The van der Waals surface area contributed by atoms with E-state index < -0.39 is 0 Å². The zero-order valence-electron chi connectivity index (χ0n) is 21.2. The minimum Gasteiger partial charge on any atom is -0.247 e. The van der Waals surface area contributed by atoms with Crippen LogP contribution in [0.15, 0.2) is 12.4 Å². The lowest BCUT2D eigenvalue weighted by Crippen LogP contribution is -2.41. The summed E-state index contributed by atoms with van der Waals surface area (Å²) in [6.07, 6.45) is 30.9. The second kappa shape index (κ2) is 18.9. The first-order valence-electron chi connectivity index (χ1n) is 13.8. The number of imidazole rings is 1. The predicted octanol–water partition coefficient (Wildman–Crippen LogP) is 9.42. The van der Waals surface area contributed by atoms with E-state index in [1.54, 1.807) is 0 Å². The van der Waals surface area contributed by atoms with E-state index in [0.717, 1.165) is 0 Å². The molecule has 2 unspecified atom stereocenters. The molecule has 0 spiro atoms. The van der Waals surface area contributed by atoms with E-state index in [9.17, 15) is 0 Å². The molecular weight excluding hydrogens is 364 g/mol. The lowest BCUT2D eigenvalue weighted by atomic mass is 9.93. The Balaban J connectivity index is 2.42. The number of hydrogen-bond acceptors (Lipinski definition) is 0. The number of hydrogen-bond donors (Lipinski definition) is 1. The van der Waals surface area contributed by atoms with Crippen molar-refractivity contribution in [1.29, 1.82) is 0 Å². The molecule has 1 rings (SSSR count). The highest BCUT2D eigenvalue weighted by Gasteiger charge is 2.25. The molecule has 0 fully saturated rings. The molecule has 0 saturated heterocycles. The zero-order valence-corrected chi connectivity index (χ0v) is 21.2. The van der Waals surface area contributed by atoms with Crippen LogP contribution < -0.4 is 4.57 Å². The number of aromatic amines is 1. The topological polar surface area (TPSA) is 19.7 Å². The summed E-state index contributed by atoms with van der Waals surface area (Å²) >= 11 is 0. The molecule has 1 aromatic heterocycles. The molecule has 176 valence electrons. The van der Waals surface area contributed by atoms with Gasteiger partial charge in [-0.3, -0.25) is 0 Å². The fraction of sp³-hybridized carbons (Fsp3) is 0.893. The molecule has 0 aliphatic rings. The Morgan fingerprint density at radius 2 is 1.10 bits per heavy atom. The van der Waals surface area contributed by atoms with Gasteiger partial charge in [-0.15, -0.1) is 0 Å². The second-order valence-electron chi connectivity index (χ2n) is 9.76. The molecule has 1 heterocycles. The van der Waals surface area contributed by atoms with Gasteiger partial charge in [0, 0.05) is 0 Å². The fourth-order valence-electron chi connectivity index (χ4n) is 4.82. The molecule has 0 aliphatic carbocycles. The largest absolute Gasteiger partial charge is 0.257 e. The minimum absolute atomic E-state index is 0.625. The Kier molecular flexibility index (Phi) is 17.2. The van der Waals surface area contributed by atoms with Gasteiger partial charge in [0.05, 0.1) is 12.0 Å². The van der Waals surface area contributed by atoms with Gasteiger partial charge < -0.3 is 0 Å². The fourth-order valence-corrected chi connectivity index (χ4v) is 4.82. The van der Waals surface area contributed by atoms with Crippen molar-refractivity contribution in [3.8, 4) is 0 Å². The molecule has 2 nitrogen and oxygen atoms in total. The lowest BCUT2D eigenvalue weighted by molar-refractivity contribution is -0.727. The van der Waals surface area contributed by atoms with Crippen LogP contribution in [0.1, 0.15) is 167 Å². The quantitative estimate of drug-likeness (QED) is 0.151. The van der Waals surface area contributed by atoms with Gasteiger partial charge in [0.1, 0.15) is 12.4 Å². The Bertz CT molecular complexity index is 479. The van der Waals surface area contributed by atoms with Crippen molar-refractivity contribution < 1.29 is 4.57 Å². The summed E-state index contributed by atoms with van der Waals surface area (Å²) in [6, 6.07) is 0.625. The highest BCUT2D eigenvalue weighted by atomic mass is 15.1. The second-order valence-corrected chi connectivity index (χ2v) is 9.76. The first kappa shape index (κ1) is 27.2. The molecular formula is C28H55N2+. The van der Waals surface area contributed by atoms with Crippen LogP contribution in [-0.2, 0) is 0 Å². The molecule has 2 heteroatoms. The summed E-state index contributed by atoms with van der Waals surface area (Å²) < 4.78 is 2.58. The monoisotopic (exact) mass is 419 g/mol. The Labute approximate surface area is 189 Å². The van der Waals surface area contributed by atoms with Crippen molar-refractivity contribution in [3.05, 3.63) is 18.2 Å². The maximum absolute atomic E-state index is 3.65. The van der Waals surface area contributed by atoms with Crippen LogP contribution in [0.4, 0.5) is 0 Å². The van der Waals surface area contributed by atoms with Crippen LogP contribution in [-0.4, -0.2) is 4.98 Å². The van der Waals surface area contributed by atoms with Crippen LogP contribution in [0.5, 0.6) is 0 Å². The van der Waals surface area contributed by atoms with Gasteiger partial charge in [-0.05, 0) is 32.6 Å². The van der Waals surface area contributed by atoms with Gasteiger partial charge in [-0.25, -0.2) is 9.55 Å². The third-order valence-electron chi connectivity index (χ3n) is 6.89. The SMILES string of the molecule is CCCCCCCCCCCC(CCCC)c1[nH]cc[n+]1C(C)CCCCCCC. The Morgan fingerprint density at radius 1 is 0.633 bits per heavy atom. The van der Waals surface area contributed by atoms with Crippen molar-refractivity contribution >= 4 is 0 Å². The first-order chi connectivity index (χ1) is 14.7. The normalized spacial score (nSPS) is 13.6. The molecule has 2 atom stereocenters. The molecule has 0 saturated carbocycles. The maximum Gasteiger partial charge on any atom is 0.257 e. The van der Waals surface area contributed by atoms with Gasteiger partial charge >= 0.3 is 0 Å². The van der Waals surface area contributed by atoms with Crippen molar-refractivity contribution in [2.75, 3.05) is 0 Å². The molecule has 30 heavy (non-hydrogen) atoms. The third kappa shape index (κ3) is 12.2. The minimum atomic E-state index is 0.625. The molecule has 0 aromatic carbocycles. The van der Waals surface area contributed by atoms with Crippen LogP contribution in [0.25, 0.3) is 0 Å². The van der Waals surface area contributed by atoms with E-state index in [1.807, 2.05) is 0 Å². The van der Waals surface area contributed by atoms with Crippen LogP contribution in [0.3, 0.4) is 0 Å². The number of H-pyrrole nitrogens is 1. The van der Waals surface area contributed by atoms with Gasteiger partial charge in [-0.2, -0.15) is 0 Å². The number of unbranched alkanes of at least 4 members (excludes halogenated alkanes) is 13. The Morgan fingerprint density at radius 3 is 1.67 bits per heavy atom. The van der Waals surface area contributed by atoms with Gasteiger partial charge in [0.25, 0.3) is 5.82 Å². The number of nitrogens with one attached hydrogen (secondary N) is 1. The highest BCUT2D eigenvalue weighted by Crippen LogP contribution is 2.26. The zero-order chi connectivity index (χ0) is 21.9. The molecule has 0 bridgehead atoms. The van der Waals surface area contributed by atoms with Crippen LogP contribution >= 0.6 is 0 Å². The van der Waals surface area contributed by atoms with Gasteiger partial charge in [0.15, 0.2) is 0 Å². The molecule has 1 aromatic rings. The van der Waals surface area contributed by atoms with E-state index >= 15 is 0 Å². The van der Waals surface area contributed by atoms with E-state index in [1.165, 1.54) is 128 Å². The van der Waals surface area contributed by atoms with Crippen molar-refractivity contribution in [3.63, 3.8) is 0 Å². The summed E-state index contributed by atoms with van der Waals surface area (Å²) in [7, 11) is 0. The number of nitrogens with zero attached hydrogens (tertiary/aromatic N) is 1. The smallest absolute Gasteiger partial charge is 0.247 e. The van der Waals surface area contributed by atoms with E-state index in [2.05, 4.69) is 49.6 Å². The third-order valence-corrected chi connectivity index (χ3v) is 6.89. The van der Waals surface area contributed by atoms with Crippen molar-refractivity contribution in [2.45, 2.75) is 162 Å². The summed E-state index contributed by atoms with van der Waals surface area (Å²) in [5, 5.41) is 0. The lowest BCUT2D eigenvalue weighted by Gasteiger charge is -2.17. The van der Waals surface area contributed by atoms with Crippen LogP contribution in [0.2, 0.25) is 0 Å². The summed E-state index contributed by atoms with van der Waals surface area (Å²) in [5.74, 6) is 2.22. The standard InChI is InChI=1S/C28H54N2/c1-5-8-11-13-14-15-16-18-20-23-27(22-10-7-3)28-29-24-25-30(28)26(4)21-19-17-12-9-6-2/h24-27H,5-23H2,1-4H3/p+1. The summed E-state index contributed by atoms with van der Waals surface area (Å²) in [6.45, 7) is 9.36. The van der Waals surface area contributed by atoms with E-state index in [-0.39, 0.29) is 0 Å². The van der Waals surface area contributed by atoms with Crippen molar-refractivity contribution in [1.82, 2.24) is 4.98 Å². The van der Waals surface area contributed by atoms with Gasteiger partial charge in [-0.1, -0.05) is 117 Å². The van der Waals surface area contributed by atoms with E-state index in [0.29, 0.717) is 12.0 Å². The number of rotatable bonds is 21. The first-order valence-corrected chi connectivity index (χ1v) is 13.8. The summed E-state index contributed by atoms with van der Waals surface area (Å²) in [5.41, 5.74) is 0. The molecule has 1 N–H and O–H groups in total. The van der Waals surface area contributed by atoms with Crippen molar-refractivity contribution in [2.24, 2.45) is 0 Å². The Hall–Kier alpha value is -0.790. The molecule has 0 amide bonds. The highest BCUT2D eigenvalue weighted by molar-refractivity contribution is 4.90. The molecule has 0 aliphatic heterocycles. The van der Waals surface area contributed by atoms with Crippen LogP contribution in [0, 0.1) is 0 Å². The number of aromatic nitrogens is 2. The predicted molar refractivity (Wildman–Crippen MR) is 133 cm³/mol.